The van der Waals surface area contributed by atoms with Crippen molar-refractivity contribution in [3.05, 3.63) is 77.9 Å². The lowest BCUT2D eigenvalue weighted by atomic mass is 10.0. The van der Waals surface area contributed by atoms with E-state index >= 15 is 0 Å². The number of aldehydes is 1. The zero-order chi connectivity index (χ0) is 23.6. The van der Waals surface area contributed by atoms with Gasteiger partial charge in [0.05, 0.1) is 10.9 Å². The molecule has 1 amide bonds. The third-order valence-electron chi connectivity index (χ3n) is 5.84. The van der Waals surface area contributed by atoms with Crippen molar-refractivity contribution in [1.82, 2.24) is 9.62 Å². The number of rotatable bonds is 8. The molecule has 2 unspecified atom stereocenters. The number of carbonyl (C=O) groups excluding carboxylic acids is 2. The number of hydrogen-bond donors (Lipinski definition) is 3. The van der Waals surface area contributed by atoms with Crippen LogP contribution in [0.15, 0.2) is 71.6 Å². The Morgan fingerprint density at radius 2 is 1.82 bits per heavy atom. The van der Waals surface area contributed by atoms with Crippen LogP contribution >= 0.6 is 0 Å². The second kappa shape index (κ2) is 9.13. The fraction of sp³-hybridized carbons (Fsp3) is 0.208. The maximum atomic E-state index is 13.0. The summed E-state index contributed by atoms with van der Waals surface area (Å²) in [5.41, 5.74) is 6.84. The predicted molar refractivity (Wildman–Crippen MR) is 125 cm³/mol. The Hall–Kier alpha value is -3.56. The number of nitrogen functional groups attached to an aromatic ring is 1. The molecular weight excluding hydrogens is 440 g/mol. The second-order valence-electron chi connectivity index (χ2n) is 8.02. The van der Waals surface area contributed by atoms with E-state index in [4.69, 9.17) is 11.1 Å². The Balaban J connectivity index is 1.46. The van der Waals surface area contributed by atoms with Gasteiger partial charge in [-0.05, 0) is 41.3 Å². The Bertz CT molecular complexity index is 1320. The number of nitrogens with two attached hydrogens (primary N) is 1. The summed E-state index contributed by atoms with van der Waals surface area (Å²) in [6, 6.07) is 17.5. The molecule has 170 valence electrons. The summed E-state index contributed by atoms with van der Waals surface area (Å²) in [4.78, 5) is 26.2. The molecule has 4 rings (SSSR count). The lowest BCUT2D eigenvalue weighted by molar-refractivity contribution is -0.133. The highest BCUT2D eigenvalue weighted by molar-refractivity contribution is 7.89. The van der Waals surface area contributed by atoms with Crippen molar-refractivity contribution in [2.45, 2.75) is 29.8 Å². The average Bonchev–Trinajstić information content (AvgIpc) is 3.16. The van der Waals surface area contributed by atoms with E-state index in [1.807, 2.05) is 24.3 Å². The average molecular weight is 465 g/mol. The minimum atomic E-state index is -3.91. The molecule has 1 fully saturated rings. The highest BCUT2D eigenvalue weighted by atomic mass is 32.2. The van der Waals surface area contributed by atoms with Gasteiger partial charge in [-0.1, -0.05) is 54.6 Å². The van der Waals surface area contributed by atoms with E-state index in [0.29, 0.717) is 11.8 Å². The molecule has 0 bridgehead atoms. The number of benzene rings is 3. The molecule has 0 aromatic heterocycles. The summed E-state index contributed by atoms with van der Waals surface area (Å²) < 4.78 is 28.4. The van der Waals surface area contributed by atoms with E-state index < -0.39 is 28.0 Å². The van der Waals surface area contributed by atoms with E-state index in [1.165, 1.54) is 11.0 Å². The van der Waals surface area contributed by atoms with Crippen molar-refractivity contribution < 1.29 is 18.0 Å². The number of nitrogens with one attached hydrogen (secondary N) is 2. The first-order valence-electron chi connectivity index (χ1n) is 10.5. The Kier molecular flexibility index (Phi) is 6.26. The van der Waals surface area contributed by atoms with Crippen LogP contribution in [0, 0.1) is 5.41 Å². The van der Waals surface area contributed by atoms with Crippen LogP contribution in [0.5, 0.6) is 0 Å². The van der Waals surface area contributed by atoms with Crippen LogP contribution in [0.2, 0.25) is 0 Å². The van der Waals surface area contributed by atoms with Crippen LogP contribution < -0.4 is 10.5 Å². The Morgan fingerprint density at radius 1 is 1.12 bits per heavy atom. The molecule has 3 aromatic rings. The zero-order valence-electron chi connectivity index (χ0n) is 17.8. The van der Waals surface area contributed by atoms with Gasteiger partial charge in [-0.2, -0.15) is 4.72 Å². The van der Waals surface area contributed by atoms with Gasteiger partial charge in [-0.15, -0.1) is 0 Å². The quantitative estimate of drug-likeness (QED) is 0.266. The molecule has 1 heterocycles. The molecule has 8 nitrogen and oxygen atoms in total. The number of fused-ring (bicyclic) bond motifs is 1. The van der Waals surface area contributed by atoms with Gasteiger partial charge < -0.3 is 15.4 Å². The molecule has 1 saturated heterocycles. The number of sulfonamides is 1. The van der Waals surface area contributed by atoms with Crippen LogP contribution in [0.4, 0.5) is 0 Å². The number of nitrogens with zero attached hydrogens (tertiary/aromatic N) is 1. The van der Waals surface area contributed by atoms with Gasteiger partial charge in [0.25, 0.3) is 0 Å². The first-order chi connectivity index (χ1) is 15.8. The third-order valence-corrected chi connectivity index (χ3v) is 7.31. The van der Waals surface area contributed by atoms with E-state index in [2.05, 4.69) is 4.72 Å². The number of carbonyl (C=O) groups is 2. The molecule has 3 aromatic carbocycles. The topological polar surface area (TPSA) is 133 Å². The van der Waals surface area contributed by atoms with Crippen LogP contribution in [0.1, 0.15) is 17.5 Å². The minimum absolute atomic E-state index is 0.0512. The molecule has 9 heteroatoms. The smallest absolute Gasteiger partial charge is 0.241 e. The Labute approximate surface area is 192 Å². The number of amides is 1. The van der Waals surface area contributed by atoms with Crippen molar-refractivity contribution >= 4 is 38.8 Å². The highest BCUT2D eigenvalue weighted by Crippen LogP contribution is 2.22. The summed E-state index contributed by atoms with van der Waals surface area (Å²) in [6.07, 6.45) is 1.27. The van der Waals surface area contributed by atoms with E-state index in [1.54, 1.807) is 36.4 Å². The summed E-state index contributed by atoms with van der Waals surface area (Å²) in [7, 11) is -3.91. The fourth-order valence-corrected chi connectivity index (χ4v) is 5.28. The van der Waals surface area contributed by atoms with Crippen LogP contribution in [-0.4, -0.2) is 50.0 Å². The lowest BCUT2D eigenvalue weighted by Crippen LogP contribution is -2.45. The molecular formula is C24H24N4O4S. The van der Waals surface area contributed by atoms with Gasteiger partial charge in [-0.25, -0.2) is 8.42 Å². The van der Waals surface area contributed by atoms with Gasteiger partial charge in [0.1, 0.15) is 18.2 Å². The normalized spacial score (nSPS) is 17.3. The molecule has 0 spiro atoms. The van der Waals surface area contributed by atoms with E-state index in [-0.39, 0.29) is 30.1 Å². The molecule has 2 atom stereocenters. The molecule has 1 aliphatic rings. The second-order valence-corrected chi connectivity index (χ2v) is 9.74. The summed E-state index contributed by atoms with van der Waals surface area (Å²) in [6.45, 7) is 0.276. The lowest BCUT2D eigenvalue weighted by Gasteiger charge is -2.24. The van der Waals surface area contributed by atoms with Crippen molar-refractivity contribution in [2.24, 2.45) is 5.73 Å². The van der Waals surface area contributed by atoms with Gasteiger partial charge in [0.15, 0.2) is 0 Å². The third kappa shape index (κ3) is 4.79. The van der Waals surface area contributed by atoms with E-state index in [0.717, 1.165) is 16.3 Å². The fourth-order valence-electron chi connectivity index (χ4n) is 4.02. The number of likely N-dealkylation sites (tertiary alicyclic amines) is 1. The molecule has 1 aliphatic heterocycles. The molecule has 0 radical (unpaired) electrons. The monoisotopic (exact) mass is 464 g/mol. The maximum Gasteiger partial charge on any atom is 0.241 e. The van der Waals surface area contributed by atoms with Gasteiger partial charge in [0, 0.05) is 12.1 Å². The largest absolute Gasteiger partial charge is 0.384 e. The minimum Gasteiger partial charge on any atom is -0.384 e. The molecule has 33 heavy (non-hydrogen) atoms. The van der Waals surface area contributed by atoms with Crippen LogP contribution in [0.3, 0.4) is 0 Å². The summed E-state index contributed by atoms with van der Waals surface area (Å²) >= 11 is 0. The summed E-state index contributed by atoms with van der Waals surface area (Å²) in [5, 5.41) is 9.16. The van der Waals surface area contributed by atoms with E-state index in [9.17, 15) is 18.0 Å². The first-order valence-corrected chi connectivity index (χ1v) is 12.0. The maximum absolute atomic E-state index is 13.0. The molecule has 0 aliphatic carbocycles. The predicted octanol–water partition coefficient (Wildman–Crippen LogP) is 1.81. The van der Waals surface area contributed by atoms with Gasteiger partial charge >= 0.3 is 0 Å². The number of hydrogen-bond acceptors (Lipinski definition) is 5. The Morgan fingerprint density at radius 3 is 2.48 bits per heavy atom. The number of amidine groups is 1. The van der Waals surface area contributed by atoms with Gasteiger partial charge in [-0.3, -0.25) is 10.2 Å². The molecule has 0 saturated carbocycles. The highest BCUT2D eigenvalue weighted by Gasteiger charge is 2.38. The van der Waals surface area contributed by atoms with Crippen molar-refractivity contribution in [3.8, 4) is 0 Å². The van der Waals surface area contributed by atoms with Crippen molar-refractivity contribution in [1.29, 1.82) is 5.41 Å². The van der Waals surface area contributed by atoms with Gasteiger partial charge in [0.2, 0.25) is 15.9 Å². The van der Waals surface area contributed by atoms with Crippen LogP contribution in [0.25, 0.3) is 10.8 Å². The first kappa shape index (κ1) is 22.6. The van der Waals surface area contributed by atoms with Crippen molar-refractivity contribution in [3.63, 3.8) is 0 Å². The standard InChI is InChI=1S/C24H24N4O4S/c25-23(26)18-7-5-16(6-8-18)13-20(15-29)28-12-11-22(24(28)30)27-33(31,32)21-10-9-17-3-1-2-4-19(17)14-21/h1-10,14-15,20,22,27H,11-13H2,(H3,25,26). The summed E-state index contributed by atoms with van der Waals surface area (Å²) in [5.74, 6) is -0.471. The van der Waals surface area contributed by atoms with Crippen LogP contribution in [-0.2, 0) is 26.0 Å². The SMILES string of the molecule is N=C(N)c1ccc(CC(C=O)N2CCC(NS(=O)(=O)c3ccc4ccccc4c3)C2=O)cc1. The van der Waals surface area contributed by atoms with Crippen molar-refractivity contribution in [2.75, 3.05) is 6.54 Å². The molecule has 4 N–H and O–H groups in total. The zero-order valence-corrected chi connectivity index (χ0v) is 18.6.